The standard InChI is InChI=1S/C17H17F3N2O3S3/c1-12-6-7-15(26-12)28(24,25)22-10-8-21(9-11-22)16(23)13-4-2-3-5-14(13)27-17(18,19)20/h2-7H,8-11H2,1H3. The van der Waals surface area contributed by atoms with Gasteiger partial charge in [-0.3, -0.25) is 4.79 Å². The SMILES string of the molecule is Cc1ccc(S(=O)(=O)N2CCN(C(=O)c3ccccc3SC(F)(F)F)CC2)s1. The minimum atomic E-state index is -4.50. The number of rotatable bonds is 4. The molecule has 5 nitrogen and oxygen atoms in total. The summed E-state index contributed by atoms with van der Waals surface area (Å²) in [6.07, 6.45) is 0. The van der Waals surface area contributed by atoms with Gasteiger partial charge in [0.1, 0.15) is 4.21 Å². The van der Waals surface area contributed by atoms with Crippen LogP contribution in [0.1, 0.15) is 15.2 Å². The molecule has 2 heterocycles. The summed E-state index contributed by atoms with van der Waals surface area (Å²) in [5, 5.41) is 0. The van der Waals surface area contributed by atoms with E-state index >= 15 is 0 Å². The fourth-order valence-corrected chi connectivity index (χ4v) is 6.36. The van der Waals surface area contributed by atoms with Crippen LogP contribution in [0.25, 0.3) is 0 Å². The molecule has 1 aliphatic heterocycles. The molecular weight excluding hydrogens is 433 g/mol. The fraction of sp³-hybridized carbons (Fsp3) is 0.353. The Morgan fingerprint density at radius 2 is 1.71 bits per heavy atom. The van der Waals surface area contributed by atoms with E-state index in [2.05, 4.69) is 0 Å². The smallest absolute Gasteiger partial charge is 0.336 e. The first kappa shape index (κ1) is 21.2. The molecule has 152 valence electrons. The van der Waals surface area contributed by atoms with Crippen molar-refractivity contribution in [1.82, 2.24) is 9.21 Å². The molecule has 1 aromatic heterocycles. The number of alkyl halides is 3. The van der Waals surface area contributed by atoms with Crippen LogP contribution in [-0.2, 0) is 10.0 Å². The summed E-state index contributed by atoms with van der Waals surface area (Å²) < 4.78 is 65.1. The van der Waals surface area contributed by atoms with Crippen molar-refractivity contribution in [2.45, 2.75) is 21.5 Å². The number of carbonyl (C=O) groups excluding carboxylic acids is 1. The number of aryl methyl sites for hydroxylation is 1. The number of thiophene rings is 1. The van der Waals surface area contributed by atoms with Crippen LogP contribution in [0.15, 0.2) is 45.5 Å². The van der Waals surface area contributed by atoms with Crippen molar-refractivity contribution >= 4 is 39.0 Å². The molecule has 11 heteroatoms. The van der Waals surface area contributed by atoms with Crippen molar-refractivity contribution in [3.8, 4) is 0 Å². The Balaban J connectivity index is 1.71. The Bertz CT molecular complexity index is 965. The summed E-state index contributed by atoms with van der Waals surface area (Å²) in [7, 11) is -3.63. The summed E-state index contributed by atoms with van der Waals surface area (Å²) in [6, 6.07) is 8.84. The lowest BCUT2D eigenvalue weighted by Gasteiger charge is -2.34. The third-order valence-corrected chi connectivity index (χ3v) is 8.35. The second kappa shape index (κ2) is 8.05. The van der Waals surface area contributed by atoms with E-state index in [0.29, 0.717) is 0 Å². The third-order valence-electron chi connectivity index (χ3n) is 4.18. The van der Waals surface area contributed by atoms with Gasteiger partial charge >= 0.3 is 5.51 Å². The molecule has 0 N–H and O–H groups in total. The van der Waals surface area contributed by atoms with Gasteiger partial charge in [0.15, 0.2) is 0 Å². The van der Waals surface area contributed by atoms with Crippen molar-refractivity contribution in [3.05, 3.63) is 46.8 Å². The molecule has 1 fully saturated rings. The molecule has 0 aliphatic carbocycles. The molecule has 0 atom stereocenters. The van der Waals surface area contributed by atoms with Gasteiger partial charge in [-0.2, -0.15) is 17.5 Å². The lowest BCUT2D eigenvalue weighted by Crippen LogP contribution is -2.50. The van der Waals surface area contributed by atoms with Gasteiger partial charge in [-0.05, 0) is 43.0 Å². The molecule has 3 rings (SSSR count). The number of piperazine rings is 1. The zero-order valence-electron chi connectivity index (χ0n) is 14.8. The summed E-state index contributed by atoms with van der Waals surface area (Å²) in [5.74, 6) is -0.531. The van der Waals surface area contributed by atoms with Crippen molar-refractivity contribution in [1.29, 1.82) is 0 Å². The number of nitrogens with zero attached hydrogens (tertiary/aromatic N) is 2. The minimum absolute atomic E-state index is 0.0324. The average molecular weight is 451 g/mol. The molecule has 0 bridgehead atoms. The summed E-state index contributed by atoms with van der Waals surface area (Å²) in [6.45, 7) is 2.25. The molecule has 28 heavy (non-hydrogen) atoms. The van der Waals surface area contributed by atoms with E-state index in [1.165, 1.54) is 44.8 Å². The van der Waals surface area contributed by atoms with Crippen LogP contribution in [-0.4, -0.2) is 55.2 Å². The van der Waals surface area contributed by atoms with Crippen LogP contribution in [0.4, 0.5) is 13.2 Å². The normalized spacial score (nSPS) is 16.4. The Kier molecular flexibility index (Phi) is 6.08. The van der Waals surface area contributed by atoms with E-state index in [-0.39, 0.29) is 52.6 Å². The first-order valence-electron chi connectivity index (χ1n) is 8.28. The number of halogens is 3. The first-order chi connectivity index (χ1) is 13.1. The molecule has 0 spiro atoms. The maximum absolute atomic E-state index is 12.7. The van der Waals surface area contributed by atoms with Gasteiger partial charge in [0.05, 0.1) is 5.56 Å². The van der Waals surface area contributed by atoms with Crippen molar-refractivity contribution < 1.29 is 26.4 Å². The van der Waals surface area contributed by atoms with E-state index in [1.54, 1.807) is 12.1 Å². The van der Waals surface area contributed by atoms with Gasteiger partial charge in [-0.25, -0.2) is 8.42 Å². The highest BCUT2D eigenvalue weighted by atomic mass is 32.2. The van der Waals surface area contributed by atoms with Crippen LogP contribution in [0.3, 0.4) is 0 Å². The first-order valence-corrected chi connectivity index (χ1v) is 11.4. The number of carbonyl (C=O) groups is 1. The second-order valence-corrected chi connectivity index (χ2v) is 10.7. The Labute approximate surface area is 169 Å². The Morgan fingerprint density at radius 1 is 1.07 bits per heavy atom. The lowest BCUT2D eigenvalue weighted by atomic mass is 10.2. The quantitative estimate of drug-likeness (QED) is 0.665. The molecule has 1 aliphatic rings. The Morgan fingerprint density at radius 3 is 2.29 bits per heavy atom. The molecule has 0 radical (unpaired) electrons. The fourth-order valence-electron chi connectivity index (χ4n) is 2.84. The summed E-state index contributed by atoms with van der Waals surface area (Å²) >= 11 is 0.852. The van der Waals surface area contributed by atoms with Crippen LogP contribution < -0.4 is 0 Å². The summed E-state index contributed by atoms with van der Waals surface area (Å²) in [4.78, 5) is 14.8. The van der Waals surface area contributed by atoms with E-state index in [1.807, 2.05) is 6.92 Å². The highest BCUT2D eigenvalue weighted by Crippen LogP contribution is 2.38. The number of hydrogen-bond donors (Lipinski definition) is 0. The lowest BCUT2D eigenvalue weighted by molar-refractivity contribution is -0.0328. The van der Waals surface area contributed by atoms with E-state index < -0.39 is 21.4 Å². The highest BCUT2D eigenvalue weighted by molar-refractivity contribution is 8.00. The van der Waals surface area contributed by atoms with Gasteiger partial charge < -0.3 is 4.90 Å². The van der Waals surface area contributed by atoms with Crippen LogP contribution in [0.2, 0.25) is 0 Å². The number of thioether (sulfide) groups is 1. The van der Waals surface area contributed by atoms with Gasteiger partial charge in [-0.1, -0.05) is 12.1 Å². The van der Waals surface area contributed by atoms with Gasteiger partial charge in [-0.15, -0.1) is 11.3 Å². The average Bonchev–Trinajstić information content (AvgIpc) is 3.08. The van der Waals surface area contributed by atoms with Gasteiger partial charge in [0, 0.05) is 36.0 Å². The number of hydrogen-bond acceptors (Lipinski definition) is 5. The predicted molar refractivity (Wildman–Crippen MR) is 102 cm³/mol. The maximum atomic E-state index is 12.7. The van der Waals surface area contributed by atoms with Crippen LogP contribution >= 0.6 is 23.1 Å². The van der Waals surface area contributed by atoms with Crippen LogP contribution in [0, 0.1) is 6.92 Å². The molecular formula is C17H17F3N2O3S3. The van der Waals surface area contributed by atoms with E-state index in [0.717, 1.165) is 4.88 Å². The third kappa shape index (κ3) is 4.70. The molecule has 0 unspecified atom stereocenters. The predicted octanol–water partition coefficient (Wildman–Crippen LogP) is 3.82. The Hall–Kier alpha value is -1.56. The van der Waals surface area contributed by atoms with Gasteiger partial charge in [0.2, 0.25) is 0 Å². The van der Waals surface area contributed by atoms with Gasteiger partial charge in [0.25, 0.3) is 15.9 Å². The van der Waals surface area contributed by atoms with Crippen molar-refractivity contribution in [2.75, 3.05) is 26.2 Å². The molecule has 1 amide bonds. The highest BCUT2D eigenvalue weighted by Gasteiger charge is 2.34. The minimum Gasteiger partial charge on any atom is -0.336 e. The monoisotopic (exact) mass is 450 g/mol. The summed E-state index contributed by atoms with van der Waals surface area (Å²) in [5.41, 5.74) is -4.53. The van der Waals surface area contributed by atoms with Crippen LogP contribution in [0.5, 0.6) is 0 Å². The van der Waals surface area contributed by atoms with Crippen molar-refractivity contribution in [3.63, 3.8) is 0 Å². The number of sulfonamides is 1. The van der Waals surface area contributed by atoms with E-state index in [4.69, 9.17) is 0 Å². The molecule has 2 aromatic rings. The van der Waals surface area contributed by atoms with Crippen molar-refractivity contribution in [2.24, 2.45) is 0 Å². The largest absolute Gasteiger partial charge is 0.446 e. The zero-order valence-corrected chi connectivity index (χ0v) is 17.2. The number of benzene rings is 1. The second-order valence-electron chi connectivity index (χ2n) is 6.11. The van der Waals surface area contributed by atoms with E-state index in [9.17, 15) is 26.4 Å². The maximum Gasteiger partial charge on any atom is 0.446 e. The molecule has 1 aromatic carbocycles. The molecule has 0 saturated carbocycles. The topological polar surface area (TPSA) is 57.7 Å². The zero-order chi connectivity index (χ0) is 20.5. The number of amides is 1. The molecule has 1 saturated heterocycles.